The Bertz CT molecular complexity index is 800. The molecule has 3 aliphatic rings. The first-order valence-electron chi connectivity index (χ1n) is 10.1. The summed E-state index contributed by atoms with van der Waals surface area (Å²) in [6.45, 7) is 4.77. The summed E-state index contributed by atoms with van der Waals surface area (Å²) in [5.41, 5.74) is 1.91. The number of anilines is 1. The third-order valence-corrected chi connectivity index (χ3v) is 7.17. The van der Waals surface area contributed by atoms with Crippen LogP contribution in [0.2, 0.25) is 0 Å². The molecule has 3 amide bonds. The van der Waals surface area contributed by atoms with Crippen LogP contribution in [0.3, 0.4) is 0 Å². The van der Waals surface area contributed by atoms with Gasteiger partial charge in [0.25, 0.3) is 0 Å². The van der Waals surface area contributed by atoms with Gasteiger partial charge in [-0.25, -0.2) is 0 Å². The lowest BCUT2D eigenvalue weighted by Crippen LogP contribution is -2.53. The molecule has 0 aromatic heterocycles. The van der Waals surface area contributed by atoms with Crippen LogP contribution in [0.25, 0.3) is 0 Å². The molecule has 2 aliphatic heterocycles. The van der Waals surface area contributed by atoms with Crippen molar-refractivity contribution in [2.45, 2.75) is 32.6 Å². The molecule has 1 atom stereocenters. The predicted octanol–water partition coefficient (Wildman–Crippen LogP) is 2.58. The second-order valence-electron chi connectivity index (χ2n) is 8.12. The Hall–Kier alpha value is -1.89. The lowest BCUT2D eigenvalue weighted by atomic mass is 9.84. The molecule has 0 spiro atoms. The molecule has 7 heteroatoms. The second kappa shape index (κ2) is 7.85. The molecule has 1 aromatic rings. The number of piperazine rings is 1. The highest BCUT2D eigenvalue weighted by Crippen LogP contribution is 2.30. The molecule has 28 heavy (non-hydrogen) atoms. The van der Waals surface area contributed by atoms with E-state index in [4.69, 9.17) is 0 Å². The van der Waals surface area contributed by atoms with Crippen molar-refractivity contribution < 1.29 is 14.4 Å². The number of aryl methyl sites for hydroxylation is 1. The molecule has 0 bridgehead atoms. The van der Waals surface area contributed by atoms with E-state index in [1.165, 1.54) is 0 Å². The molecule has 2 saturated heterocycles. The van der Waals surface area contributed by atoms with E-state index in [2.05, 4.69) is 15.9 Å². The average Bonchev–Trinajstić information content (AvgIpc) is 3.04. The van der Waals surface area contributed by atoms with Crippen molar-refractivity contribution in [3.8, 4) is 0 Å². The number of hydrogen-bond donors (Lipinski definition) is 0. The third kappa shape index (κ3) is 3.69. The quantitative estimate of drug-likeness (QED) is 0.715. The highest BCUT2D eigenvalue weighted by atomic mass is 79.9. The molecule has 3 fully saturated rings. The zero-order valence-electron chi connectivity index (χ0n) is 16.2. The van der Waals surface area contributed by atoms with Gasteiger partial charge in [0.05, 0.1) is 5.92 Å². The molecule has 2 heterocycles. The Morgan fingerprint density at radius 1 is 1.00 bits per heavy atom. The minimum atomic E-state index is -0.301. The van der Waals surface area contributed by atoms with E-state index in [-0.39, 0.29) is 36.0 Å². The maximum Gasteiger partial charge on any atom is 0.228 e. The highest BCUT2D eigenvalue weighted by molar-refractivity contribution is 9.10. The van der Waals surface area contributed by atoms with Crippen LogP contribution >= 0.6 is 15.9 Å². The Morgan fingerprint density at radius 2 is 1.61 bits per heavy atom. The molecule has 6 nitrogen and oxygen atoms in total. The van der Waals surface area contributed by atoms with Crippen LogP contribution in [0.1, 0.15) is 31.2 Å². The van der Waals surface area contributed by atoms with Gasteiger partial charge in [0, 0.05) is 55.2 Å². The van der Waals surface area contributed by atoms with Gasteiger partial charge < -0.3 is 14.7 Å². The molecule has 0 radical (unpaired) electrons. The largest absolute Gasteiger partial charge is 0.339 e. The number of amides is 3. The topological polar surface area (TPSA) is 60.9 Å². The van der Waals surface area contributed by atoms with Gasteiger partial charge in [0.15, 0.2) is 0 Å². The van der Waals surface area contributed by atoms with Gasteiger partial charge in [-0.05, 0) is 43.5 Å². The first kappa shape index (κ1) is 19.4. The summed E-state index contributed by atoms with van der Waals surface area (Å²) >= 11 is 3.48. The first-order valence-corrected chi connectivity index (χ1v) is 10.9. The molecule has 1 aliphatic carbocycles. The maximum atomic E-state index is 13.0. The lowest BCUT2D eigenvalue weighted by molar-refractivity contribution is -0.145. The first-order chi connectivity index (χ1) is 13.4. The van der Waals surface area contributed by atoms with E-state index < -0.39 is 0 Å². The average molecular weight is 448 g/mol. The van der Waals surface area contributed by atoms with Crippen molar-refractivity contribution in [2.24, 2.45) is 11.8 Å². The zero-order chi connectivity index (χ0) is 19.8. The summed E-state index contributed by atoms with van der Waals surface area (Å²) < 4.78 is 1.00. The molecule has 1 unspecified atom stereocenters. The number of carbonyl (C=O) groups is 3. The lowest BCUT2D eigenvalue weighted by Gasteiger charge is -2.38. The molecular weight excluding hydrogens is 422 g/mol. The maximum absolute atomic E-state index is 13.0. The number of halogens is 1. The number of benzene rings is 1. The fraction of sp³-hybridized carbons (Fsp3) is 0.571. The van der Waals surface area contributed by atoms with Gasteiger partial charge in [-0.2, -0.15) is 0 Å². The monoisotopic (exact) mass is 447 g/mol. The summed E-state index contributed by atoms with van der Waals surface area (Å²) in [5.74, 6) is 0.202. The van der Waals surface area contributed by atoms with Gasteiger partial charge in [0.1, 0.15) is 0 Å². The Kier molecular flexibility index (Phi) is 5.45. The van der Waals surface area contributed by atoms with Crippen molar-refractivity contribution in [2.75, 3.05) is 37.6 Å². The molecule has 0 N–H and O–H groups in total. The van der Waals surface area contributed by atoms with Gasteiger partial charge in [0.2, 0.25) is 17.7 Å². The van der Waals surface area contributed by atoms with Crippen LogP contribution in [0.4, 0.5) is 5.69 Å². The SMILES string of the molecule is Cc1cc(N2CC(C(=O)N3CCN(C(=O)C4CCC4)CC3)CC2=O)ccc1Br. The van der Waals surface area contributed by atoms with Crippen LogP contribution in [0.15, 0.2) is 22.7 Å². The van der Waals surface area contributed by atoms with Gasteiger partial charge in [-0.3, -0.25) is 14.4 Å². The predicted molar refractivity (Wildman–Crippen MR) is 110 cm³/mol. The Morgan fingerprint density at radius 3 is 2.14 bits per heavy atom. The van der Waals surface area contributed by atoms with Gasteiger partial charge in [-0.1, -0.05) is 22.4 Å². The van der Waals surface area contributed by atoms with Gasteiger partial charge in [-0.15, -0.1) is 0 Å². The third-order valence-electron chi connectivity index (χ3n) is 6.28. The van der Waals surface area contributed by atoms with E-state index in [1.54, 1.807) is 4.90 Å². The molecule has 4 rings (SSSR count). The van der Waals surface area contributed by atoms with Crippen LogP contribution in [0.5, 0.6) is 0 Å². The highest BCUT2D eigenvalue weighted by Gasteiger charge is 2.39. The summed E-state index contributed by atoms with van der Waals surface area (Å²) in [6.07, 6.45) is 3.43. The fourth-order valence-electron chi connectivity index (χ4n) is 4.24. The standard InChI is InChI=1S/C21H26BrN3O3/c1-14-11-17(5-6-18(14)22)25-13-16(12-19(25)26)21(28)24-9-7-23(8-10-24)20(27)15-3-2-4-15/h5-6,11,15-16H,2-4,7-10,12-13H2,1H3. The molecular formula is C21H26BrN3O3. The summed E-state index contributed by atoms with van der Waals surface area (Å²) in [5, 5.41) is 0. The fourth-order valence-corrected chi connectivity index (χ4v) is 4.48. The van der Waals surface area contributed by atoms with Crippen molar-refractivity contribution in [1.29, 1.82) is 0 Å². The summed E-state index contributed by atoms with van der Waals surface area (Å²) in [4.78, 5) is 43.3. The van der Waals surface area contributed by atoms with Crippen LogP contribution < -0.4 is 4.90 Å². The van der Waals surface area contributed by atoms with Crippen LogP contribution in [-0.2, 0) is 14.4 Å². The summed E-state index contributed by atoms with van der Waals surface area (Å²) in [7, 11) is 0. The smallest absolute Gasteiger partial charge is 0.228 e. The molecule has 1 saturated carbocycles. The van der Waals surface area contributed by atoms with Gasteiger partial charge >= 0.3 is 0 Å². The minimum absolute atomic E-state index is 0.00105. The number of nitrogens with zero attached hydrogens (tertiary/aromatic N) is 3. The number of hydrogen-bond acceptors (Lipinski definition) is 3. The van der Waals surface area contributed by atoms with E-state index in [9.17, 15) is 14.4 Å². The van der Waals surface area contributed by atoms with Crippen molar-refractivity contribution in [3.63, 3.8) is 0 Å². The van der Waals surface area contributed by atoms with Crippen molar-refractivity contribution in [1.82, 2.24) is 9.80 Å². The van der Waals surface area contributed by atoms with E-state index in [1.807, 2.05) is 34.9 Å². The minimum Gasteiger partial charge on any atom is -0.339 e. The second-order valence-corrected chi connectivity index (χ2v) is 8.97. The normalized spacial score (nSPS) is 23.1. The van der Waals surface area contributed by atoms with E-state index in [0.717, 1.165) is 35.0 Å². The van der Waals surface area contributed by atoms with Crippen molar-refractivity contribution >= 4 is 39.3 Å². The Balaban J connectivity index is 1.35. The van der Waals surface area contributed by atoms with Crippen LogP contribution in [-0.4, -0.2) is 60.2 Å². The van der Waals surface area contributed by atoms with E-state index >= 15 is 0 Å². The number of rotatable bonds is 3. The van der Waals surface area contributed by atoms with E-state index in [0.29, 0.717) is 32.7 Å². The Labute approximate surface area is 174 Å². The van der Waals surface area contributed by atoms with Crippen molar-refractivity contribution in [3.05, 3.63) is 28.2 Å². The van der Waals surface area contributed by atoms with Crippen LogP contribution in [0, 0.1) is 18.8 Å². The molecule has 1 aromatic carbocycles. The summed E-state index contributed by atoms with van der Waals surface area (Å²) in [6, 6.07) is 5.82. The number of carbonyl (C=O) groups excluding carboxylic acids is 3. The zero-order valence-corrected chi connectivity index (χ0v) is 17.8. The molecule has 150 valence electrons.